The molecular weight excluding hydrogens is 132 g/mol. The summed E-state index contributed by atoms with van der Waals surface area (Å²) in [6.07, 6.45) is 0.218. The Balaban J connectivity index is 2.47. The fourth-order valence-electron chi connectivity index (χ4n) is 1.03. The highest BCUT2D eigenvalue weighted by molar-refractivity contribution is 4.82. The molecule has 5 nitrogen and oxygen atoms in total. The van der Waals surface area contributed by atoms with Gasteiger partial charge in [-0.15, -0.1) is 0 Å². The Hall–Kier alpha value is -0.770. The van der Waals surface area contributed by atoms with Crippen molar-refractivity contribution < 1.29 is 5.11 Å². The van der Waals surface area contributed by atoms with Gasteiger partial charge in [0.1, 0.15) is 0 Å². The third-order valence-electron chi connectivity index (χ3n) is 1.61. The van der Waals surface area contributed by atoms with Gasteiger partial charge in [0.05, 0.1) is 12.1 Å². The van der Waals surface area contributed by atoms with Crippen molar-refractivity contribution in [1.82, 2.24) is 5.32 Å². The lowest BCUT2D eigenvalue weighted by atomic mass is 10.1. The van der Waals surface area contributed by atoms with Crippen LogP contribution in [0, 0.1) is 0 Å². The summed E-state index contributed by atoms with van der Waals surface area (Å²) < 4.78 is 0. The molecule has 2 atom stereocenters. The molecule has 0 aromatic rings. The Bertz CT molecular complexity index is 154. The molecule has 1 fully saturated rings. The zero-order valence-corrected chi connectivity index (χ0v) is 5.56. The first-order valence-corrected chi connectivity index (χ1v) is 3.27. The Morgan fingerprint density at radius 1 is 1.70 bits per heavy atom. The molecule has 2 N–H and O–H groups in total. The zero-order valence-electron chi connectivity index (χ0n) is 5.56. The highest BCUT2D eigenvalue weighted by Gasteiger charge is 2.20. The minimum atomic E-state index is -0.510. The molecule has 1 saturated heterocycles. The van der Waals surface area contributed by atoms with Crippen LogP contribution in [0.4, 0.5) is 0 Å². The maximum Gasteiger partial charge on any atom is 0.0749 e. The lowest BCUT2D eigenvalue weighted by molar-refractivity contribution is 0.120. The van der Waals surface area contributed by atoms with Gasteiger partial charge < -0.3 is 10.4 Å². The summed E-state index contributed by atoms with van der Waals surface area (Å²) >= 11 is 0. The van der Waals surface area contributed by atoms with Gasteiger partial charge in [-0.25, -0.2) is 0 Å². The van der Waals surface area contributed by atoms with Crippen LogP contribution < -0.4 is 5.32 Å². The van der Waals surface area contributed by atoms with Gasteiger partial charge in [-0.3, -0.25) is 0 Å². The van der Waals surface area contributed by atoms with Crippen molar-refractivity contribution in [2.24, 2.45) is 5.11 Å². The predicted octanol–water partition coefficient (Wildman–Crippen LogP) is 0.0195. The van der Waals surface area contributed by atoms with E-state index in [0.29, 0.717) is 6.54 Å². The van der Waals surface area contributed by atoms with E-state index in [1.54, 1.807) is 0 Å². The quantitative estimate of drug-likeness (QED) is 0.307. The summed E-state index contributed by atoms with van der Waals surface area (Å²) in [5, 5.41) is 15.6. The predicted molar refractivity (Wildman–Crippen MR) is 36.4 cm³/mol. The van der Waals surface area contributed by atoms with Crippen LogP contribution >= 0.6 is 0 Å². The van der Waals surface area contributed by atoms with Gasteiger partial charge in [-0.05, 0) is 18.5 Å². The maximum atomic E-state index is 9.17. The molecule has 0 spiro atoms. The molecule has 10 heavy (non-hydrogen) atoms. The molecule has 1 heterocycles. The minimum Gasteiger partial charge on any atom is -0.391 e. The summed E-state index contributed by atoms with van der Waals surface area (Å²) in [5.41, 5.74) is 8.06. The number of hydrogen-bond acceptors (Lipinski definition) is 3. The fourth-order valence-corrected chi connectivity index (χ4v) is 1.03. The van der Waals surface area contributed by atoms with E-state index in [1.165, 1.54) is 0 Å². The van der Waals surface area contributed by atoms with Gasteiger partial charge in [0.2, 0.25) is 0 Å². The van der Waals surface area contributed by atoms with Crippen LogP contribution in [0.1, 0.15) is 6.42 Å². The van der Waals surface area contributed by atoms with Crippen molar-refractivity contribution in [3.63, 3.8) is 0 Å². The highest BCUT2D eigenvalue weighted by atomic mass is 16.3. The van der Waals surface area contributed by atoms with Crippen LogP contribution in [-0.2, 0) is 0 Å². The number of nitrogens with zero attached hydrogens (tertiary/aromatic N) is 3. The van der Waals surface area contributed by atoms with Gasteiger partial charge >= 0.3 is 0 Å². The molecule has 1 unspecified atom stereocenters. The summed E-state index contributed by atoms with van der Waals surface area (Å²) in [6.45, 7) is 1.35. The molecular formula is C5H10N4O. The third kappa shape index (κ3) is 1.60. The fraction of sp³-hybridized carbons (Fsp3) is 1.00. The Morgan fingerprint density at radius 2 is 2.50 bits per heavy atom. The first kappa shape index (κ1) is 7.34. The van der Waals surface area contributed by atoms with Crippen LogP contribution in [0.25, 0.3) is 10.4 Å². The number of piperidine rings is 1. The molecule has 1 rings (SSSR count). The van der Waals surface area contributed by atoms with Gasteiger partial charge in [0.15, 0.2) is 0 Å². The maximum absolute atomic E-state index is 9.17. The van der Waals surface area contributed by atoms with E-state index in [0.717, 1.165) is 13.0 Å². The minimum absolute atomic E-state index is 0.230. The molecule has 0 aliphatic carbocycles. The number of β-amino-alcohol motifs (C(OH)–C–C–N with tert-alkyl or cyclic N) is 1. The largest absolute Gasteiger partial charge is 0.391 e. The van der Waals surface area contributed by atoms with Crippen molar-refractivity contribution in [3.05, 3.63) is 10.4 Å². The van der Waals surface area contributed by atoms with Crippen molar-refractivity contribution in [2.45, 2.75) is 18.6 Å². The second-order valence-electron chi connectivity index (χ2n) is 2.33. The summed E-state index contributed by atoms with van der Waals surface area (Å²) in [7, 11) is 0. The van der Waals surface area contributed by atoms with Gasteiger partial charge in [0.25, 0.3) is 0 Å². The second kappa shape index (κ2) is 3.41. The SMILES string of the molecule is [N-]=[N+]=NC1CCNC[C@H]1O. The van der Waals surface area contributed by atoms with E-state index < -0.39 is 6.10 Å². The van der Waals surface area contributed by atoms with Crippen LogP contribution in [-0.4, -0.2) is 30.3 Å². The van der Waals surface area contributed by atoms with Gasteiger partial charge in [0, 0.05) is 11.5 Å². The van der Waals surface area contributed by atoms with Crippen molar-refractivity contribution >= 4 is 0 Å². The number of azide groups is 1. The van der Waals surface area contributed by atoms with Gasteiger partial charge in [-0.1, -0.05) is 5.11 Å². The first-order valence-electron chi connectivity index (χ1n) is 3.27. The monoisotopic (exact) mass is 142 g/mol. The van der Waals surface area contributed by atoms with E-state index in [1.807, 2.05) is 0 Å². The average molecular weight is 142 g/mol. The molecule has 1 aliphatic rings. The van der Waals surface area contributed by atoms with E-state index in [4.69, 9.17) is 5.53 Å². The summed E-state index contributed by atoms with van der Waals surface area (Å²) in [6, 6.07) is -0.230. The zero-order chi connectivity index (χ0) is 7.40. The Labute approximate surface area is 58.7 Å². The van der Waals surface area contributed by atoms with Crippen LogP contribution in [0.2, 0.25) is 0 Å². The molecule has 1 aliphatic heterocycles. The Morgan fingerprint density at radius 3 is 3.10 bits per heavy atom. The molecule has 0 radical (unpaired) electrons. The lowest BCUT2D eigenvalue weighted by Crippen LogP contribution is -2.42. The Kier molecular flexibility index (Phi) is 2.50. The van der Waals surface area contributed by atoms with E-state index in [-0.39, 0.29) is 6.04 Å². The number of rotatable bonds is 1. The highest BCUT2D eigenvalue weighted by Crippen LogP contribution is 2.07. The van der Waals surface area contributed by atoms with E-state index >= 15 is 0 Å². The van der Waals surface area contributed by atoms with E-state index in [2.05, 4.69) is 15.3 Å². The van der Waals surface area contributed by atoms with Crippen LogP contribution in [0.3, 0.4) is 0 Å². The van der Waals surface area contributed by atoms with Crippen molar-refractivity contribution in [2.75, 3.05) is 13.1 Å². The van der Waals surface area contributed by atoms with Crippen LogP contribution in [0.5, 0.6) is 0 Å². The molecule has 0 aromatic carbocycles. The smallest absolute Gasteiger partial charge is 0.0749 e. The summed E-state index contributed by atoms with van der Waals surface area (Å²) in [5.74, 6) is 0. The number of nitrogens with one attached hydrogen (secondary N) is 1. The van der Waals surface area contributed by atoms with Crippen LogP contribution in [0.15, 0.2) is 5.11 Å². The molecule has 0 amide bonds. The van der Waals surface area contributed by atoms with Crippen molar-refractivity contribution in [3.8, 4) is 0 Å². The van der Waals surface area contributed by atoms with Gasteiger partial charge in [-0.2, -0.15) is 0 Å². The molecule has 0 saturated carbocycles. The molecule has 0 bridgehead atoms. The lowest BCUT2D eigenvalue weighted by Gasteiger charge is -2.23. The molecule has 56 valence electrons. The van der Waals surface area contributed by atoms with E-state index in [9.17, 15) is 5.11 Å². The number of aliphatic hydroxyl groups excluding tert-OH is 1. The molecule has 0 aromatic heterocycles. The third-order valence-corrected chi connectivity index (χ3v) is 1.61. The average Bonchev–Trinajstić information content (AvgIpc) is 1.94. The normalized spacial score (nSPS) is 32.9. The standard InChI is InChI=1S/C5H10N4O/c6-9-8-4-1-2-7-3-5(4)10/h4-5,7,10H,1-3H2/t4?,5-/m1/s1. The summed E-state index contributed by atoms with van der Waals surface area (Å²) in [4.78, 5) is 2.65. The second-order valence-corrected chi connectivity index (χ2v) is 2.33. The topological polar surface area (TPSA) is 81.0 Å². The number of aliphatic hydroxyl groups is 1. The first-order chi connectivity index (χ1) is 4.84. The van der Waals surface area contributed by atoms with Crippen molar-refractivity contribution in [1.29, 1.82) is 0 Å². The molecule has 5 heteroatoms. The number of hydrogen-bond donors (Lipinski definition) is 2.